The second-order valence-corrected chi connectivity index (χ2v) is 7.81. The van der Waals surface area contributed by atoms with Crippen LogP contribution in [0.5, 0.6) is 5.75 Å². The first-order valence-electron chi connectivity index (χ1n) is 9.21. The van der Waals surface area contributed by atoms with E-state index < -0.39 is 6.10 Å². The van der Waals surface area contributed by atoms with E-state index in [2.05, 4.69) is 10.2 Å². The van der Waals surface area contributed by atoms with Crippen LogP contribution in [0, 0.1) is 0 Å². The fourth-order valence-electron chi connectivity index (χ4n) is 3.91. The van der Waals surface area contributed by atoms with Gasteiger partial charge in [0.15, 0.2) is 6.10 Å². The molecule has 1 saturated heterocycles. The van der Waals surface area contributed by atoms with Crippen molar-refractivity contribution < 1.29 is 9.53 Å². The van der Waals surface area contributed by atoms with Crippen LogP contribution in [-0.4, -0.2) is 42.1 Å². The van der Waals surface area contributed by atoms with Crippen LogP contribution >= 0.6 is 23.2 Å². The Morgan fingerprint density at radius 1 is 1.20 bits per heavy atom. The van der Waals surface area contributed by atoms with Crippen LogP contribution in [0.3, 0.4) is 0 Å². The molecule has 2 fully saturated rings. The molecule has 138 valence electrons. The van der Waals surface area contributed by atoms with Gasteiger partial charge in [0, 0.05) is 12.1 Å². The predicted molar refractivity (Wildman–Crippen MR) is 102 cm³/mol. The van der Waals surface area contributed by atoms with Gasteiger partial charge in [-0.1, -0.05) is 42.1 Å². The minimum Gasteiger partial charge on any atom is -0.479 e. The van der Waals surface area contributed by atoms with E-state index in [1.807, 2.05) is 0 Å². The van der Waals surface area contributed by atoms with Crippen LogP contribution in [0.15, 0.2) is 18.2 Å². The molecule has 0 bridgehead atoms. The van der Waals surface area contributed by atoms with Crippen LogP contribution in [0.25, 0.3) is 0 Å². The summed E-state index contributed by atoms with van der Waals surface area (Å²) in [6.07, 6.45) is 6.55. The maximum atomic E-state index is 12.6. The number of hydrogen-bond acceptors (Lipinski definition) is 3. The smallest absolute Gasteiger partial charge is 0.261 e. The van der Waals surface area contributed by atoms with Gasteiger partial charge in [0.25, 0.3) is 5.91 Å². The van der Waals surface area contributed by atoms with E-state index in [-0.39, 0.29) is 11.9 Å². The number of nitrogens with zero attached hydrogens (tertiary/aromatic N) is 1. The molecule has 1 aromatic carbocycles. The molecular weight excluding hydrogens is 359 g/mol. The van der Waals surface area contributed by atoms with Gasteiger partial charge in [-0.05, 0) is 57.8 Å². The van der Waals surface area contributed by atoms with Crippen LogP contribution in [0.1, 0.15) is 45.4 Å². The Morgan fingerprint density at radius 3 is 2.68 bits per heavy atom. The summed E-state index contributed by atoms with van der Waals surface area (Å²) in [5.41, 5.74) is 0. The Morgan fingerprint density at radius 2 is 1.92 bits per heavy atom. The highest BCUT2D eigenvalue weighted by atomic mass is 35.5. The first kappa shape index (κ1) is 18.8. The molecule has 25 heavy (non-hydrogen) atoms. The highest BCUT2D eigenvalue weighted by molar-refractivity contribution is 6.42. The standard InChI is InChI=1S/C19H26Cl2N2O2/c1-13(25-17-10-6-7-14(20)18(17)21)19(24)22-15-8-2-3-9-16(15)23-11-4-5-12-23/h6-7,10,13,15-16H,2-5,8-9,11-12H2,1H3,(H,22,24). The molecule has 1 aromatic rings. The van der Waals surface area contributed by atoms with E-state index >= 15 is 0 Å². The Bertz CT molecular complexity index is 605. The van der Waals surface area contributed by atoms with Gasteiger partial charge >= 0.3 is 0 Å². The Labute approximate surface area is 159 Å². The lowest BCUT2D eigenvalue weighted by molar-refractivity contribution is -0.128. The van der Waals surface area contributed by atoms with Crippen LogP contribution < -0.4 is 10.1 Å². The zero-order valence-electron chi connectivity index (χ0n) is 14.6. The molecule has 2 aliphatic rings. The first-order chi connectivity index (χ1) is 12.1. The van der Waals surface area contributed by atoms with E-state index in [0.29, 0.717) is 21.8 Å². The number of halogens is 2. The molecular formula is C19H26Cl2N2O2. The first-order valence-corrected chi connectivity index (χ1v) is 9.97. The number of nitrogens with one attached hydrogen (secondary N) is 1. The van der Waals surface area contributed by atoms with Crippen LogP contribution in [0.2, 0.25) is 10.0 Å². The lowest BCUT2D eigenvalue weighted by atomic mass is 9.89. The molecule has 0 radical (unpaired) electrons. The minimum atomic E-state index is -0.614. The van der Waals surface area contributed by atoms with E-state index in [4.69, 9.17) is 27.9 Å². The summed E-state index contributed by atoms with van der Waals surface area (Å²) in [6.45, 7) is 4.06. The number of carbonyl (C=O) groups excluding carboxylic acids is 1. The molecule has 4 nitrogen and oxygen atoms in total. The molecule has 3 unspecified atom stereocenters. The topological polar surface area (TPSA) is 41.6 Å². The number of carbonyl (C=O) groups is 1. The molecule has 1 amide bonds. The average molecular weight is 385 g/mol. The zero-order valence-corrected chi connectivity index (χ0v) is 16.2. The van der Waals surface area contributed by atoms with Crippen molar-refractivity contribution in [2.24, 2.45) is 0 Å². The number of amides is 1. The molecule has 0 aromatic heterocycles. The number of likely N-dealkylation sites (tertiary alicyclic amines) is 1. The van der Waals surface area contributed by atoms with E-state index in [1.165, 1.54) is 32.1 Å². The summed E-state index contributed by atoms with van der Waals surface area (Å²) in [5, 5.41) is 3.99. The minimum absolute atomic E-state index is 0.0906. The number of rotatable bonds is 5. The van der Waals surface area contributed by atoms with Crippen molar-refractivity contribution in [3.8, 4) is 5.75 Å². The number of hydrogen-bond donors (Lipinski definition) is 1. The monoisotopic (exact) mass is 384 g/mol. The van der Waals surface area contributed by atoms with Gasteiger partial charge in [0.2, 0.25) is 0 Å². The highest BCUT2D eigenvalue weighted by Gasteiger charge is 2.33. The van der Waals surface area contributed by atoms with Crippen molar-refractivity contribution in [2.45, 2.75) is 63.6 Å². The summed E-state index contributed by atoms with van der Waals surface area (Å²) in [5.74, 6) is 0.351. The lowest BCUT2D eigenvalue weighted by Crippen LogP contribution is -2.54. The van der Waals surface area contributed by atoms with Crippen LogP contribution in [0.4, 0.5) is 0 Å². The van der Waals surface area contributed by atoms with Crippen molar-refractivity contribution in [1.82, 2.24) is 10.2 Å². The van der Waals surface area contributed by atoms with Crippen molar-refractivity contribution in [3.63, 3.8) is 0 Å². The van der Waals surface area contributed by atoms with Gasteiger partial charge in [0.1, 0.15) is 10.8 Å². The summed E-state index contributed by atoms with van der Waals surface area (Å²) < 4.78 is 5.75. The Balaban J connectivity index is 1.60. The molecule has 1 heterocycles. The highest BCUT2D eigenvalue weighted by Crippen LogP contribution is 2.32. The van der Waals surface area contributed by atoms with Crippen LogP contribution in [-0.2, 0) is 4.79 Å². The van der Waals surface area contributed by atoms with Crippen molar-refractivity contribution in [1.29, 1.82) is 0 Å². The Kier molecular flexibility index (Phi) is 6.48. The number of ether oxygens (including phenoxy) is 1. The summed E-state index contributed by atoms with van der Waals surface area (Å²) in [6, 6.07) is 5.86. The SMILES string of the molecule is CC(Oc1cccc(Cl)c1Cl)C(=O)NC1CCCCC1N1CCCC1. The molecule has 3 rings (SSSR count). The van der Waals surface area contributed by atoms with Gasteiger partial charge in [0.05, 0.1) is 5.02 Å². The fraction of sp³-hybridized carbons (Fsp3) is 0.632. The molecule has 0 spiro atoms. The maximum Gasteiger partial charge on any atom is 0.261 e. The quantitative estimate of drug-likeness (QED) is 0.823. The van der Waals surface area contributed by atoms with Gasteiger partial charge in [-0.2, -0.15) is 0 Å². The van der Waals surface area contributed by atoms with E-state index in [9.17, 15) is 4.79 Å². The molecule has 3 atom stereocenters. The van der Waals surface area contributed by atoms with Gasteiger partial charge in [-0.15, -0.1) is 0 Å². The van der Waals surface area contributed by atoms with E-state index in [0.717, 1.165) is 19.5 Å². The second kappa shape index (κ2) is 8.61. The molecule has 1 N–H and O–H groups in total. The Hall–Kier alpha value is -0.970. The third-order valence-electron chi connectivity index (χ3n) is 5.26. The van der Waals surface area contributed by atoms with Gasteiger partial charge in [-0.3, -0.25) is 9.69 Å². The molecule has 1 saturated carbocycles. The van der Waals surface area contributed by atoms with E-state index in [1.54, 1.807) is 25.1 Å². The van der Waals surface area contributed by atoms with Gasteiger partial charge < -0.3 is 10.1 Å². The maximum absolute atomic E-state index is 12.6. The second-order valence-electron chi connectivity index (χ2n) is 7.02. The predicted octanol–water partition coefficient (Wildman–Crippen LogP) is 4.28. The summed E-state index contributed by atoms with van der Waals surface area (Å²) in [4.78, 5) is 15.2. The van der Waals surface area contributed by atoms with Crippen molar-refractivity contribution >= 4 is 29.1 Å². The largest absolute Gasteiger partial charge is 0.479 e. The normalized spacial score (nSPS) is 25.6. The third-order valence-corrected chi connectivity index (χ3v) is 6.06. The third kappa shape index (κ3) is 4.60. The molecule has 6 heteroatoms. The number of benzene rings is 1. The lowest BCUT2D eigenvalue weighted by Gasteiger charge is -2.38. The summed E-state index contributed by atoms with van der Waals surface area (Å²) in [7, 11) is 0. The zero-order chi connectivity index (χ0) is 17.8. The average Bonchev–Trinajstić information content (AvgIpc) is 3.14. The fourth-order valence-corrected chi connectivity index (χ4v) is 4.25. The van der Waals surface area contributed by atoms with Gasteiger partial charge in [-0.25, -0.2) is 0 Å². The summed E-state index contributed by atoms with van der Waals surface area (Å²) >= 11 is 12.2. The van der Waals surface area contributed by atoms with Crippen molar-refractivity contribution in [3.05, 3.63) is 28.2 Å². The van der Waals surface area contributed by atoms with Crippen molar-refractivity contribution in [2.75, 3.05) is 13.1 Å². The molecule has 1 aliphatic heterocycles. The molecule has 1 aliphatic carbocycles.